The third-order valence-corrected chi connectivity index (χ3v) is 2.05. The zero-order valence-corrected chi connectivity index (χ0v) is 8.12. The van der Waals surface area contributed by atoms with Crippen LogP contribution in [0.2, 0.25) is 0 Å². The maximum absolute atomic E-state index is 9.63. The summed E-state index contributed by atoms with van der Waals surface area (Å²) < 4.78 is 0. The maximum Gasteiger partial charge on any atom is 0.103 e. The highest BCUT2D eigenvalue weighted by Crippen LogP contribution is 2.25. The van der Waals surface area contributed by atoms with Crippen LogP contribution in [-0.4, -0.2) is 45.9 Å². The minimum absolute atomic E-state index is 0.176. The summed E-state index contributed by atoms with van der Waals surface area (Å²) in [5.74, 6) is 0. The van der Waals surface area contributed by atoms with Gasteiger partial charge >= 0.3 is 0 Å². The Morgan fingerprint density at radius 3 is 2.46 bits per heavy atom. The molecule has 0 atom stereocenters. The van der Waals surface area contributed by atoms with Crippen LogP contribution in [-0.2, 0) is 0 Å². The quantitative estimate of drug-likeness (QED) is 0.633. The second-order valence-electron chi connectivity index (χ2n) is 4.52. The Hall–Kier alpha value is -0.630. The van der Waals surface area contributed by atoms with E-state index < -0.39 is 11.2 Å². The Balaban J connectivity index is 2.30. The lowest BCUT2D eigenvalue weighted by molar-refractivity contribution is -0.115. The van der Waals surface area contributed by atoms with Gasteiger partial charge in [-0.05, 0) is 13.8 Å². The van der Waals surface area contributed by atoms with Gasteiger partial charge in [0.15, 0.2) is 0 Å². The van der Waals surface area contributed by atoms with E-state index in [1.165, 1.54) is 0 Å². The van der Waals surface area contributed by atoms with Crippen molar-refractivity contribution in [2.45, 2.75) is 31.5 Å². The number of nitrogens with zero attached hydrogens (tertiary/aromatic N) is 2. The number of rotatable bonds is 3. The second kappa shape index (κ2) is 3.26. The van der Waals surface area contributed by atoms with E-state index in [0.717, 1.165) is 0 Å². The number of aliphatic hydroxyl groups is 2. The van der Waals surface area contributed by atoms with Crippen LogP contribution in [0, 0.1) is 11.3 Å². The first-order valence-electron chi connectivity index (χ1n) is 4.39. The van der Waals surface area contributed by atoms with Crippen LogP contribution < -0.4 is 0 Å². The Labute approximate surface area is 78.4 Å². The fourth-order valence-corrected chi connectivity index (χ4v) is 1.70. The molecule has 2 N–H and O–H groups in total. The van der Waals surface area contributed by atoms with Crippen molar-refractivity contribution in [2.75, 3.05) is 19.6 Å². The Kier molecular flexibility index (Phi) is 2.62. The van der Waals surface area contributed by atoms with Crippen molar-refractivity contribution in [3.8, 4) is 6.07 Å². The topological polar surface area (TPSA) is 67.5 Å². The van der Waals surface area contributed by atoms with Crippen molar-refractivity contribution < 1.29 is 10.2 Å². The highest BCUT2D eigenvalue weighted by molar-refractivity contribution is 5.01. The summed E-state index contributed by atoms with van der Waals surface area (Å²) in [6.45, 7) is 4.99. The smallest absolute Gasteiger partial charge is 0.103 e. The standard InChI is InChI=1S/C9H16N2O2/c1-8(2,12)5-11-6-9(13,7-11)3-4-10/h12-13H,3,5-7H2,1-2H3. The average Bonchev–Trinajstić information content (AvgIpc) is 1.80. The molecule has 0 spiro atoms. The van der Waals surface area contributed by atoms with Crippen LogP contribution in [0.4, 0.5) is 0 Å². The minimum atomic E-state index is -0.833. The number of β-amino-alcohol motifs (C(OH)–C–C–N with tert-alkyl or cyclic N) is 2. The van der Waals surface area contributed by atoms with Crippen LogP contribution in [0.5, 0.6) is 0 Å². The molecule has 1 rings (SSSR count). The minimum Gasteiger partial charge on any atom is -0.389 e. The van der Waals surface area contributed by atoms with Gasteiger partial charge in [-0.2, -0.15) is 5.26 Å². The first kappa shape index (κ1) is 10.5. The highest BCUT2D eigenvalue weighted by atomic mass is 16.3. The SMILES string of the molecule is CC(C)(O)CN1CC(O)(CC#N)C1. The van der Waals surface area contributed by atoms with Crippen LogP contribution in [0.25, 0.3) is 0 Å². The molecule has 1 saturated heterocycles. The van der Waals surface area contributed by atoms with Gasteiger partial charge in [0.25, 0.3) is 0 Å². The van der Waals surface area contributed by atoms with Gasteiger partial charge < -0.3 is 10.2 Å². The fraction of sp³-hybridized carbons (Fsp3) is 0.889. The number of nitriles is 1. The predicted octanol–water partition coefficient (Wildman–Crippen LogP) is -0.282. The van der Waals surface area contributed by atoms with E-state index >= 15 is 0 Å². The molecular formula is C9H16N2O2. The van der Waals surface area contributed by atoms with Gasteiger partial charge in [-0.3, -0.25) is 4.90 Å². The molecule has 0 aromatic carbocycles. The fourth-order valence-electron chi connectivity index (χ4n) is 1.70. The zero-order valence-electron chi connectivity index (χ0n) is 8.12. The van der Waals surface area contributed by atoms with E-state index in [0.29, 0.717) is 19.6 Å². The number of hydrogen-bond acceptors (Lipinski definition) is 4. The largest absolute Gasteiger partial charge is 0.389 e. The predicted molar refractivity (Wildman–Crippen MR) is 47.9 cm³/mol. The molecule has 0 aromatic rings. The van der Waals surface area contributed by atoms with E-state index in [1.807, 2.05) is 11.0 Å². The number of hydrogen-bond donors (Lipinski definition) is 2. The lowest BCUT2D eigenvalue weighted by Gasteiger charge is -2.47. The molecule has 1 fully saturated rings. The van der Waals surface area contributed by atoms with Crippen LogP contribution >= 0.6 is 0 Å². The van der Waals surface area contributed by atoms with Gasteiger partial charge in [-0.1, -0.05) is 0 Å². The molecule has 4 nitrogen and oxygen atoms in total. The zero-order chi connectivity index (χ0) is 10.1. The van der Waals surface area contributed by atoms with Crippen molar-refractivity contribution in [3.63, 3.8) is 0 Å². The summed E-state index contributed by atoms with van der Waals surface area (Å²) in [6.07, 6.45) is 0.176. The van der Waals surface area contributed by atoms with E-state index in [2.05, 4.69) is 0 Å². The van der Waals surface area contributed by atoms with Gasteiger partial charge in [-0.15, -0.1) is 0 Å². The lowest BCUT2D eigenvalue weighted by atomic mass is 9.90. The van der Waals surface area contributed by atoms with Crippen LogP contribution in [0.1, 0.15) is 20.3 Å². The summed E-state index contributed by atoms with van der Waals surface area (Å²) in [4.78, 5) is 1.94. The van der Waals surface area contributed by atoms with E-state index in [4.69, 9.17) is 5.26 Å². The first-order chi connectivity index (χ1) is 5.85. The highest BCUT2D eigenvalue weighted by Gasteiger charge is 2.42. The molecule has 0 bridgehead atoms. The molecular weight excluding hydrogens is 168 g/mol. The van der Waals surface area contributed by atoms with Crippen LogP contribution in [0.3, 0.4) is 0 Å². The molecule has 0 unspecified atom stereocenters. The molecule has 1 heterocycles. The molecule has 0 aromatic heterocycles. The Morgan fingerprint density at radius 2 is 2.08 bits per heavy atom. The molecule has 0 saturated carbocycles. The van der Waals surface area contributed by atoms with Gasteiger partial charge in [0.05, 0.1) is 18.1 Å². The molecule has 74 valence electrons. The van der Waals surface area contributed by atoms with Gasteiger partial charge in [0.2, 0.25) is 0 Å². The monoisotopic (exact) mass is 184 g/mol. The average molecular weight is 184 g/mol. The van der Waals surface area contributed by atoms with Gasteiger partial charge in [-0.25, -0.2) is 0 Å². The van der Waals surface area contributed by atoms with Crippen molar-refractivity contribution in [2.24, 2.45) is 0 Å². The van der Waals surface area contributed by atoms with E-state index in [-0.39, 0.29) is 6.42 Å². The lowest BCUT2D eigenvalue weighted by Crippen LogP contribution is -2.63. The van der Waals surface area contributed by atoms with Crippen molar-refractivity contribution in [1.29, 1.82) is 5.26 Å². The van der Waals surface area contributed by atoms with E-state index in [1.54, 1.807) is 13.8 Å². The molecule has 4 heteroatoms. The third-order valence-electron chi connectivity index (χ3n) is 2.05. The maximum atomic E-state index is 9.63. The van der Waals surface area contributed by atoms with Gasteiger partial charge in [0, 0.05) is 19.6 Å². The van der Waals surface area contributed by atoms with Crippen molar-refractivity contribution in [1.82, 2.24) is 4.90 Å². The summed E-state index contributed by atoms with van der Waals surface area (Å²) in [6, 6.07) is 1.95. The summed E-state index contributed by atoms with van der Waals surface area (Å²) >= 11 is 0. The molecule has 0 aliphatic carbocycles. The van der Waals surface area contributed by atoms with Crippen molar-refractivity contribution in [3.05, 3.63) is 0 Å². The molecule has 0 amide bonds. The summed E-state index contributed by atoms with van der Waals surface area (Å²) in [5.41, 5.74) is -1.56. The Bertz CT molecular complexity index is 221. The van der Waals surface area contributed by atoms with E-state index in [9.17, 15) is 10.2 Å². The molecule has 1 aliphatic heterocycles. The summed E-state index contributed by atoms with van der Waals surface area (Å²) in [5, 5.41) is 27.5. The van der Waals surface area contributed by atoms with Crippen molar-refractivity contribution >= 4 is 0 Å². The molecule has 0 radical (unpaired) electrons. The molecule has 1 aliphatic rings. The number of likely N-dealkylation sites (tertiary alicyclic amines) is 1. The molecule has 13 heavy (non-hydrogen) atoms. The Morgan fingerprint density at radius 1 is 1.54 bits per heavy atom. The first-order valence-corrected chi connectivity index (χ1v) is 4.39. The normalized spacial score (nSPS) is 22.1. The summed E-state index contributed by atoms with van der Waals surface area (Å²) in [7, 11) is 0. The van der Waals surface area contributed by atoms with Crippen LogP contribution in [0.15, 0.2) is 0 Å². The van der Waals surface area contributed by atoms with Gasteiger partial charge in [0.1, 0.15) is 5.60 Å². The second-order valence-corrected chi connectivity index (χ2v) is 4.52. The third kappa shape index (κ3) is 2.96.